The third-order valence-electron chi connectivity index (χ3n) is 2.25. The Bertz CT molecular complexity index is 135. The number of nitrogens with zero attached hydrogens (tertiary/aromatic N) is 1. The predicted molar refractivity (Wildman–Crippen MR) is 53.2 cm³/mol. The van der Waals surface area contributed by atoms with E-state index in [9.17, 15) is 5.11 Å². The van der Waals surface area contributed by atoms with E-state index in [2.05, 4.69) is 4.90 Å². The van der Waals surface area contributed by atoms with Crippen molar-refractivity contribution in [3.8, 4) is 0 Å². The molecule has 0 aromatic rings. The maximum absolute atomic E-state index is 9.38. The van der Waals surface area contributed by atoms with Gasteiger partial charge in [0.1, 0.15) is 0 Å². The summed E-state index contributed by atoms with van der Waals surface area (Å²) in [5.74, 6) is 0.558. The minimum absolute atomic E-state index is 0.137. The van der Waals surface area contributed by atoms with Gasteiger partial charge in [-0.1, -0.05) is 0 Å². The number of likely N-dealkylation sites (tertiary alicyclic amines) is 1. The van der Waals surface area contributed by atoms with Crippen molar-refractivity contribution in [1.82, 2.24) is 4.90 Å². The first-order valence-electron chi connectivity index (χ1n) is 4.87. The fourth-order valence-electron chi connectivity index (χ4n) is 1.58. The van der Waals surface area contributed by atoms with Crippen molar-refractivity contribution in [1.29, 1.82) is 0 Å². The first kappa shape index (κ1) is 11.2. The number of aliphatic hydroxyl groups is 1. The van der Waals surface area contributed by atoms with Crippen LogP contribution in [0, 0.1) is 0 Å². The van der Waals surface area contributed by atoms with Gasteiger partial charge >= 0.3 is 0 Å². The van der Waals surface area contributed by atoms with Crippen molar-refractivity contribution in [3.05, 3.63) is 0 Å². The molecule has 1 unspecified atom stereocenters. The van der Waals surface area contributed by atoms with E-state index < -0.39 is 0 Å². The molecule has 13 heavy (non-hydrogen) atoms. The standard InChI is InChI=1S/C9H18ClNO2/c10-3-6-13-7-5-11-4-1-2-9(12)8-11/h9,12H,1-8H2. The zero-order chi connectivity index (χ0) is 9.52. The number of hydrogen-bond acceptors (Lipinski definition) is 3. The maximum atomic E-state index is 9.38. The summed E-state index contributed by atoms with van der Waals surface area (Å²) in [6, 6.07) is 0. The van der Waals surface area contributed by atoms with Gasteiger partial charge in [0.25, 0.3) is 0 Å². The molecule has 0 bridgehead atoms. The summed E-state index contributed by atoms with van der Waals surface area (Å²) >= 11 is 5.47. The van der Waals surface area contributed by atoms with E-state index in [1.807, 2.05) is 0 Å². The molecule has 1 atom stereocenters. The van der Waals surface area contributed by atoms with Crippen molar-refractivity contribution in [2.24, 2.45) is 0 Å². The molecule has 1 aliphatic rings. The molecule has 1 fully saturated rings. The average molecular weight is 208 g/mol. The van der Waals surface area contributed by atoms with E-state index in [4.69, 9.17) is 16.3 Å². The summed E-state index contributed by atoms with van der Waals surface area (Å²) in [4.78, 5) is 2.24. The molecule has 0 radical (unpaired) electrons. The van der Waals surface area contributed by atoms with Gasteiger partial charge in [-0.2, -0.15) is 0 Å². The Labute approximate surface area is 84.6 Å². The maximum Gasteiger partial charge on any atom is 0.0667 e. The topological polar surface area (TPSA) is 32.7 Å². The van der Waals surface area contributed by atoms with Crippen LogP contribution in [0.1, 0.15) is 12.8 Å². The molecule has 0 aromatic heterocycles. The van der Waals surface area contributed by atoms with E-state index in [0.717, 1.165) is 39.1 Å². The molecule has 0 spiro atoms. The third kappa shape index (κ3) is 4.81. The zero-order valence-corrected chi connectivity index (χ0v) is 8.67. The summed E-state index contributed by atoms with van der Waals surface area (Å²) < 4.78 is 5.27. The third-order valence-corrected chi connectivity index (χ3v) is 2.41. The fourth-order valence-corrected chi connectivity index (χ4v) is 1.69. The van der Waals surface area contributed by atoms with Crippen LogP contribution in [0.2, 0.25) is 0 Å². The highest BCUT2D eigenvalue weighted by Crippen LogP contribution is 2.08. The number of hydrogen-bond donors (Lipinski definition) is 1. The van der Waals surface area contributed by atoms with E-state index in [-0.39, 0.29) is 6.10 Å². The van der Waals surface area contributed by atoms with Crippen LogP contribution in [0.25, 0.3) is 0 Å². The van der Waals surface area contributed by atoms with Gasteiger partial charge in [-0.3, -0.25) is 4.90 Å². The number of β-amino-alcohol motifs (C(OH)–C–C–N with tert-alkyl or cyclic N) is 1. The van der Waals surface area contributed by atoms with Gasteiger partial charge in [-0.25, -0.2) is 0 Å². The SMILES string of the molecule is OC1CCCN(CCOCCCl)C1. The minimum Gasteiger partial charge on any atom is -0.392 e. The number of aliphatic hydroxyl groups excluding tert-OH is 1. The molecule has 0 amide bonds. The summed E-state index contributed by atoms with van der Waals surface area (Å²) in [5, 5.41) is 9.38. The van der Waals surface area contributed by atoms with Crippen LogP contribution < -0.4 is 0 Å². The van der Waals surface area contributed by atoms with Gasteiger partial charge in [-0.15, -0.1) is 11.6 Å². The molecule has 3 nitrogen and oxygen atoms in total. The molecule has 1 saturated heterocycles. The van der Waals surface area contributed by atoms with E-state index in [0.29, 0.717) is 12.5 Å². The Balaban J connectivity index is 2.00. The van der Waals surface area contributed by atoms with Crippen LogP contribution in [0.15, 0.2) is 0 Å². The normalized spacial score (nSPS) is 24.9. The lowest BCUT2D eigenvalue weighted by molar-refractivity contribution is 0.0478. The lowest BCUT2D eigenvalue weighted by Crippen LogP contribution is -2.40. The van der Waals surface area contributed by atoms with E-state index in [1.54, 1.807) is 0 Å². The largest absolute Gasteiger partial charge is 0.392 e. The second kappa shape index (κ2) is 6.60. The molecule has 0 aromatic carbocycles. The summed E-state index contributed by atoms with van der Waals surface area (Å²) in [6.45, 7) is 4.14. The zero-order valence-electron chi connectivity index (χ0n) is 7.91. The number of alkyl halides is 1. The van der Waals surface area contributed by atoms with Crippen LogP contribution in [-0.4, -0.2) is 54.8 Å². The highest BCUT2D eigenvalue weighted by Gasteiger charge is 2.16. The fraction of sp³-hybridized carbons (Fsp3) is 1.00. The molecule has 1 aliphatic heterocycles. The molecule has 78 valence electrons. The van der Waals surface area contributed by atoms with E-state index >= 15 is 0 Å². The predicted octanol–water partition coefficient (Wildman–Crippen LogP) is 0.698. The van der Waals surface area contributed by atoms with Crippen molar-refractivity contribution in [3.63, 3.8) is 0 Å². The molecular formula is C9H18ClNO2. The molecule has 1 rings (SSSR count). The quantitative estimate of drug-likeness (QED) is 0.532. The van der Waals surface area contributed by atoms with Crippen molar-refractivity contribution < 1.29 is 9.84 Å². The molecule has 1 N–H and O–H groups in total. The highest BCUT2D eigenvalue weighted by molar-refractivity contribution is 6.17. The van der Waals surface area contributed by atoms with Crippen molar-refractivity contribution >= 4 is 11.6 Å². The van der Waals surface area contributed by atoms with Gasteiger partial charge in [0.05, 0.1) is 19.3 Å². The molecule has 0 saturated carbocycles. The molecule has 1 heterocycles. The van der Waals surface area contributed by atoms with Crippen LogP contribution in [0.3, 0.4) is 0 Å². The molecule has 4 heteroatoms. The Morgan fingerprint density at radius 1 is 1.46 bits per heavy atom. The van der Waals surface area contributed by atoms with Crippen molar-refractivity contribution in [2.45, 2.75) is 18.9 Å². The number of ether oxygens (including phenoxy) is 1. The molecule has 0 aliphatic carbocycles. The van der Waals surface area contributed by atoms with Gasteiger partial charge in [0.2, 0.25) is 0 Å². The van der Waals surface area contributed by atoms with Gasteiger partial charge in [-0.05, 0) is 19.4 Å². The Morgan fingerprint density at radius 3 is 3.00 bits per heavy atom. The van der Waals surface area contributed by atoms with Crippen LogP contribution in [0.4, 0.5) is 0 Å². The minimum atomic E-state index is -0.137. The number of rotatable bonds is 5. The monoisotopic (exact) mass is 207 g/mol. The smallest absolute Gasteiger partial charge is 0.0667 e. The average Bonchev–Trinajstić information content (AvgIpc) is 2.13. The lowest BCUT2D eigenvalue weighted by Gasteiger charge is -2.29. The summed E-state index contributed by atoms with van der Waals surface area (Å²) in [5.41, 5.74) is 0. The van der Waals surface area contributed by atoms with Crippen molar-refractivity contribution in [2.75, 3.05) is 38.7 Å². The van der Waals surface area contributed by atoms with Crippen LogP contribution in [-0.2, 0) is 4.74 Å². The lowest BCUT2D eigenvalue weighted by atomic mass is 10.1. The van der Waals surface area contributed by atoms with Gasteiger partial charge < -0.3 is 9.84 Å². The molecular weight excluding hydrogens is 190 g/mol. The Hall–Kier alpha value is 0.170. The number of halogens is 1. The summed E-state index contributed by atoms with van der Waals surface area (Å²) in [7, 11) is 0. The number of piperidine rings is 1. The first-order chi connectivity index (χ1) is 6.33. The van der Waals surface area contributed by atoms with Gasteiger partial charge in [0.15, 0.2) is 0 Å². The van der Waals surface area contributed by atoms with E-state index in [1.165, 1.54) is 0 Å². The first-order valence-corrected chi connectivity index (χ1v) is 5.40. The second-order valence-electron chi connectivity index (χ2n) is 3.40. The highest BCUT2D eigenvalue weighted by atomic mass is 35.5. The Kier molecular flexibility index (Phi) is 5.71. The van der Waals surface area contributed by atoms with Gasteiger partial charge in [0, 0.05) is 19.0 Å². The second-order valence-corrected chi connectivity index (χ2v) is 3.78. The summed E-state index contributed by atoms with van der Waals surface area (Å²) in [6.07, 6.45) is 1.90. The van der Waals surface area contributed by atoms with Crippen LogP contribution in [0.5, 0.6) is 0 Å². The van der Waals surface area contributed by atoms with Crippen LogP contribution >= 0.6 is 11.6 Å². The Morgan fingerprint density at radius 2 is 2.31 bits per heavy atom.